The fraction of sp³-hybridized carbons (Fsp3) is 0.143. The Morgan fingerprint density at radius 1 is 1.00 bits per heavy atom. The summed E-state index contributed by atoms with van der Waals surface area (Å²) in [6.45, 7) is 1.96. The zero-order chi connectivity index (χ0) is 13.8. The average molecular weight is 338 g/mol. The molecule has 0 saturated heterocycles. The molecule has 3 rings (SSSR count). The summed E-state index contributed by atoms with van der Waals surface area (Å²) >= 11 is 3.43. The predicted molar refractivity (Wildman–Crippen MR) is 82.1 cm³/mol. The molecule has 98 valence electrons. The molecule has 19 heavy (non-hydrogen) atoms. The Morgan fingerprint density at radius 2 is 1.74 bits per heavy atom. The third kappa shape index (κ3) is 1.97. The van der Waals surface area contributed by atoms with E-state index in [1.807, 2.05) is 43.3 Å². The van der Waals surface area contributed by atoms with Gasteiger partial charge in [-0.2, -0.15) is 0 Å². The maximum atomic E-state index is 12.1. The highest BCUT2D eigenvalue weighted by Gasteiger charge is 2.17. The van der Waals surface area contributed by atoms with Crippen LogP contribution in [0.2, 0.25) is 0 Å². The molecule has 0 aliphatic heterocycles. The van der Waals surface area contributed by atoms with Crippen LogP contribution in [0.3, 0.4) is 0 Å². The number of benzene rings is 2. The maximum absolute atomic E-state index is 12.1. The van der Waals surface area contributed by atoms with Crippen molar-refractivity contribution in [2.24, 2.45) is 0 Å². The van der Waals surface area contributed by atoms with Crippen LogP contribution in [-0.4, -0.2) is 18.6 Å². The Bertz CT molecular complexity index is 910. The largest absolute Gasteiger partial charge is 0.237 e. The van der Waals surface area contributed by atoms with Gasteiger partial charge in [-0.1, -0.05) is 28.1 Å². The first-order chi connectivity index (χ1) is 8.88. The smallest absolute Gasteiger partial charge is 0.236 e. The summed E-state index contributed by atoms with van der Waals surface area (Å²) in [5.41, 5.74) is 2.49. The molecule has 0 aliphatic carbocycles. The minimum Gasteiger partial charge on any atom is -0.237 e. The maximum Gasteiger partial charge on any atom is 0.236 e. The van der Waals surface area contributed by atoms with Gasteiger partial charge in [-0.25, -0.2) is 12.4 Å². The van der Waals surface area contributed by atoms with Gasteiger partial charge in [-0.3, -0.25) is 0 Å². The molecule has 0 N–H and O–H groups in total. The predicted octanol–water partition coefficient (Wildman–Crippen LogP) is 3.67. The van der Waals surface area contributed by atoms with Crippen LogP contribution in [0.4, 0.5) is 0 Å². The van der Waals surface area contributed by atoms with E-state index in [2.05, 4.69) is 15.9 Å². The van der Waals surface area contributed by atoms with Gasteiger partial charge in [-0.05, 0) is 36.8 Å². The van der Waals surface area contributed by atoms with Crippen molar-refractivity contribution in [3.8, 4) is 0 Å². The van der Waals surface area contributed by atoms with Crippen LogP contribution in [0.1, 0.15) is 5.56 Å². The van der Waals surface area contributed by atoms with Crippen LogP contribution in [0.5, 0.6) is 0 Å². The van der Waals surface area contributed by atoms with E-state index in [4.69, 9.17) is 0 Å². The summed E-state index contributed by atoms with van der Waals surface area (Å²) < 4.78 is 26.5. The van der Waals surface area contributed by atoms with Gasteiger partial charge in [0.05, 0.1) is 17.3 Å². The van der Waals surface area contributed by atoms with Gasteiger partial charge in [-0.15, -0.1) is 0 Å². The third-order valence-electron chi connectivity index (χ3n) is 3.17. The highest BCUT2D eigenvalue weighted by atomic mass is 79.9. The molecule has 1 aromatic heterocycles. The van der Waals surface area contributed by atoms with Gasteiger partial charge in [0.25, 0.3) is 0 Å². The number of nitrogens with zero attached hydrogens (tertiary/aromatic N) is 1. The van der Waals surface area contributed by atoms with Crippen molar-refractivity contribution in [2.45, 2.75) is 6.92 Å². The molecule has 0 amide bonds. The van der Waals surface area contributed by atoms with Crippen molar-refractivity contribution in [3.63, 3.8) is 0 Å². The molecule has 0 atom stereocenters. The topological polar surface area (TPSA) is 39.1 Å². The third-order valence-corrected chi connectivity index (χ3v) is 4.72. The van der Waals surface area contributed by atoms with E-state index in [1.54, 1.807) is 0 Å². The van der Waals surface area contributed by atoms with Crippen LogP contribution < -0.4 is 0 Å². The van der Waals surface area contributed by atoms with Crippen LogP contribution in [0, 0.1) is 6.92 Å². The van der Waals surface area contributed by atoms with E-state index in [1.165, 1.54) is 10.2 Å². The molecule has 0 fully saturated rings. The molecule has 0 unspecified atom stereocenters. The van der Waals surface area contributed by atoms with E-state index in [-0.39, 0.29) is 0 Å². The molecule has 5 heteroatoms. The van der Waals surface area contributed by atoms with Gasteiger partial charge in [0, 0.05) is 15.2 Å². The summed E-state index contributed by atoms with van der Waals surface area (Å²) in [5.74, 6) is 0. The molecule has 1 heterocycles. The van der Waals surface area contributed by atoms with Crippen molar-refractivity contribution >= 4 is 47.8 Å². The standard InChI is InChI=1S/C14H12BrNO2S/c1-9-3-5-11-12-8-10(15)4-6-13(12)16(14(11)7-9)19(2,17)18/h3-8H,1-2H3. The Kier molecular flexibility index (Phi) is 2.73. The fourth-order valence-electron chi connectivity index (χ4n) is 2.43. The monoisotopic (exact) mass is 337 g/mol. The molecular weight excluding hydrogens is 326 g/mol. The lowest BCUT2D eigenvalue weighted by atomic mass is 10.1. The van der Waals surface area contributed by atoms with Crippen LogP contribution in [-0.2, 0) is 10.0 Å². The summed E-state index contributed by atoms with van der Waals surface area (Å²) in [6, 6.07) is 11.5. The van der Waals surface area contributed by atoms with Gasteiger partial charge < -0.3 is 0 Å². The van der Waals surface area contributed by atoms with Crippen LogP contribution in [0.25, 0.3) is 21.8 Å². The summed E-state index contributed by atoms with van der Waals surface area (Å²) in [6.07, 6.45) is 1.23. The highest BCUT2D eigenvalue weighted by Crippen LogP contribution is 2.32. The number of aromatic nitrogens is 1. The van der Waals surface area contributed by atoms with E-state index in [0.717, 1.165) is 26.3 Å². The first-order valence-electron chi connectivity index (χ1n) is 5.79. The van der Waals surface area contributed by atoms with Crippen LogP contribution >= 0.6 is 15.9 Å². The average Bonchev–Trinajstić information content (AvgIpc) is 2.61. The van der Waals surface area contributed by atoms with Gasteiger partial charge in [0.1, 0.15) is 0 Å². The Hall–Kier alpha value is -1.33. The first-order valence-corrected chi connectivity index (χ1v) is 8.43. The lowest BCUT2D eigenvalue weighted by molar-refractivity contribution is 0.596. The number of fused-ring (bicyclic) bond motifs is 3. The van der Waals surface area contributed by atoms with Gasteiger partial charge in [0.15, 0.2) is 0 Å². The lowest BCUT2D eigenvalue weighted by Gasteiger charge is -2.04. The minimum atomic E-state index is -3.34. The van der Waals surface area contributed by atoms with E-state index < -0.39 is 10.0 Å². The SMILES string of the molecule is Cc1ccc2c3cc(Br)ccc3n(S(C)(=O)=O)c2c1. The molecule has 0 bridgehead atoms. The Balaban J connectivity index is 2.66. The first kappa shape index (κ1) is 12.7. The molecule has 0 saturated carbocycles. The van der Waals surface area contributed by atoms with Crippen molar-refractivity contribution in [1.82, 2.24) is 3.97 Å². The zero-order valence-corrected chi connectivity index (χ0v) is 12.9. The molecule has 0 aliphatic rings. The zero-order valence-electron chi connectivity index (χ0n) is 10.5. The van der Waals surface area contributed by atoms with E-state index in [0.29, 0.717) is 5.52 Å². The molecule has 0 spiro atoms. The molecule has 0 radical (unpaired) electrons. The second kappa shape index (κ2) is 4.08. The van der Waals surface area contributed by atoms with E-state index in [9.17, 15) is 8.42 Å². The molecular formula is C14H12BrNO2S. The number of aryl methyl sites for hydroxylation is 1. The summed E-state index contributed by atoms with van der Waals surface area (Å²) in [7, 11) is -3.34. The molecule has 2 aromatic carbocycles. The van der Waals surface area contributed by atoms with Gasteiger partial charge in [0.2, 0.25) is 10.0 Å². The fourth-order valence-corrected chi connectivity index (χ4v) is 3.81. The highest BCUT2D eigenvalue weighted by molar-refractivity contribution is 9.10. The molecule has 3 nitrogen and oxygen atoms in total. The number of halogens is 1. The molecule has 3 aromatic rings. The van der Waals surface area contributed by atoms with Crippen molar-refractivity contribution in [3.05, 3.63) is 46.4 Å². The van der Waals surface area contributed by atoms with Crippen LogP contribution in [0.15, 0.2) is 40.9 Å². The second-order valence-corrected chi connectivity index (χ2v) is 7.46. The number of hydrogen-bond donors (Lipinski definition) is 0. The van der Waals surface area contributed by atoms with Gasteiger partial charge >= 0.3 is 0 Å². The van der Waals surface area contributed by atoms with Crippen molar-refractivity contribution in [2.75, 3.05) is 6.26 Å². The van der Waals surface area contributed by atoms with Crippen molar-refractivity contribution in [1.29, 1.82) is 0 Å². The Labute approximate surface area is 120 Å². The van der Waals surface area contributed by atoms with Crippen molar-refractivity contribution < 1.29 is 8.42 Å². The minimum absolute atomic E-state index is 0.714. The summed E-state index contributed by atoms with van der Waals surface area (Å²) in [5, 5.41) is 1.89. The Morgan fingerprint density at radius 3 is 2.42 bits per heavy atom. The lowest BCUT2D eigenvalue weighted by Crippen LogP contribution is -2.09. The number of hydrogen-bond acceptors (Lipinski definition) is 2. The van der Waals surface area contributed by atoms with E-state index >= 15 is 0 Å². The quantitative estimate of drug-likeness (QED) is 0.679. The number of rotatable bonds is 1. The normalized spacial score (nSPS) is 12.4. The second-order valence-electron chi connectivity index (χ2n) is 4.71. The summed E-state index contributed by atoms with van der Waals surface area (Å²) in [4.78, 5) is 0.